The molecular weight excluding hydrogens is 96.1 g/mol. The van der Waals surface area contributed by atoms with Gasteiger partial charge in [-0.1, -0.05) is 39.3 Å². The zero-order valence-electron chi connectivity index (χ0n) is 6.07. The predicted molar refractivity (Wildman–Crippen MR) is 38.6 cm³/mol. The maximum absolute atomic E-state index is 2.22. The van der Waals surface area contributed by atoms with Gasteiger partial charge in [0.05, 0.1) is 0 Å². The highest BCUT2D eigenvalue weighted by molar-refractivity contribution is 5.02. The van der Waals surface area contributed by atoms with Crippen LogP contribution in [0.15, 0.2) is 12.2 Å². The molecule has 0 heterocycles. The first-order valence-electron chi connectivity index (χ1n) is 3.24. The Balaban J connectivity index is 3.07. The molecule has 1 radical (unpaired) electrons. The van der Waals surface area contributed by atoms with Crippen LogP contribution in [0, 0.1) is 5.92 Å². The Morgan fingerprint density at radius 1 is 1.38 bits per heavy atom. The maximum atomic E-state index is 2.22. The van der Waals surface area contributed by atoms with Gasteiger partial charge in [0.15, 0.2) is 0 Å². The van der Waals surface area contributed by atoms with Gasteiger partial charge in [-0.2, -0.15) is 0 Å². The van der Waals surface area contributed by atoms with Gasteiger partial charge in [-0.05, 0) is 12.3 Å². The quantitative estimate of drug-likeness (QED) is 0.525. The molecule has 0 aromatic heterocycles. The fourth-order valence-corrected chi connectivity index (χ4v) is 0.486. The fraction of sp³-hybridized carbons (Fsp3) is 0.625. The minimum atomic E-state index is 1.21. The molecule has 0 aliphatic carbocycles. The molecule has 0 fully saturated rings. The van der Waals surface area contributed by atoms with E-state index in [4.69, 9.17) is 0 Å². The lowest BCUT2D eigenvalue weighted by Crippen LogP contribution is -1.72. The second kappa shape index (κ2) is 4.89. The first-order chi connectivity index (χ1) is 3.77. The van der Waals surface area contributed by atoms with Crippen molar-refractivity contribution in [3.05, 3.63) is 18.1 Å². The molecule has 0 rings (SSSR count). The first kappa shape index (κ1) is 7.74. The summed E-state index contributed by atoms with van der Waals surface area (Å²) in [5, 5.41) is 0. The predicted octanol–water partition coefficient (Wildman–Crippen LogP) is 2.96. The molecule has 0 amide bonds. The van der Waals surface area contributed by atoms with Crippen LogP contribution >= 0.6 is 0 Å². The van der Waals surface area contributed by atoms with Crippen LogP contribution in [0.4, 0.5) is 0 Å². The van der Waals surface area contributed by atoms with Gasteiger partial charge >= 0.3 is 0 Å². The van der Waals surface area contributed by atoms with E-state index in [0.717, 1.165) is 0 Å². The van der Waals surface area contributed by atoms with Crippen LogP contribution in [0.25, 0.3) is 0 Å². The summed E-state index contributed by atoms with van der Waals surface area (Å²) in [5.41, 5.74) is 0. The highest BCUT2D eigenvalue weighted by Gasteiger charge is 1.81. The molecular formula is C8H15. The Hall–Kier alpha value is -0.260. The summed E-state index contributed by atoms with van der Waals surface area (Å²) >= 11 is 0. The molecule has 0 nitrogen and oxygen atoms in total. The van der Waals surface area contributed by atoms with Crippen LogP contribution < -0.4 is 0 Å². The van der Waals surface area contributed by atoms with Crippen molar-refractivity contribution in [3.63, 3.8) is 0 Å². The average molecular weight is 111 g/mol. The van der Waals surface area contributed by atoms with Crippen molar-refractivity contribution in [2.75, 3.05) is 0 Å². The van der Waals surface area contributed by atoms with E-state index in [1.807, 2.05) is 0 Å². The van der Waals surface area contributed by atoms with Crippen LogP contribution in [0.5, 0.6) is 0 Å². The monoisotopic (exact) mass is 111 g/mol. The molecule has 0 aliphatic rings. The van der Waals surface area contributed by atoms with E-state index in [1.165, 1.54) is 18.8 Å². The Labute approximate surface area is 52.6 Å². The van der Waals surface area contributed by atoms with Crippen LogP contribution in [-0.2, 0) is 0 Å². The minimum absolute atomic E-state index is 1.21. The number of allylic oxidation sites excluding steroid dienone is 2. The van der Waals surface area contributed by atoms with Crippen molar-refractivity contribution in [2.24, 2.45) is 0 Å². The SMILES string of the molecule is CCC/C=C/[C](C)C. The third kappa shape index (κ3) is 5.74. The third-order valence-corrected chi connectivity index (χ3v) is 0.907. The first-order valence-corrected chi connectivity index (χ1v) is 3.24. The standard InChI is InChI=1S/C8H15/c1-4-5-6-7-8(2)3/h6-7H,4-5H2,1-3H3/b7-6+. The van der Waals surface area contributed by atoms with Crippen LogP contribution in [0.3, 0.4) is 0 Å². The van der Waals surface area contributed by atoms with Crippen LogP contribution in [0.1, 0.15) is 33.6 Å². The van der Waals surface area contributed by atoms with Crippen molar-refractivity contribution in [1.29, 1.82) is 0 Å². The Morgan fingerprint density at radius 3 is 2.38 bits per heavy atom. The summed E-state index contributed by atoms with van der Waals surface area (Å²) in [6.07, 6.45) is 6.85. The van der Waals surface area contributed by atoms with E-state index in [9.17, 15) is 0 Å². The molecule has 0 N–H and O–H groups in total. The van der Waals surface area contributed by atoms with Crippen molar-refractivity contribution in [3.8, 4) is 0 Å². The van der Waals surface area contributed by atoms with Gasteiger partial charge < -0.3 is 0 Å². The van der Waals surface area contributed by atoms with Crippen molar-refractivity contribution in [1.82, 2.24) is 0 Å². The topological polar surface area (TPSA) is 0 Å². The summed E-state index contributed by atoms with van der Waals surface area (Å²) in [7, 11) is 0. The zero-order valence-corrected chi connectivity index (χ0v) is 6.07. The lowest BCUT2D eigenvalue weighted by molar-refractivity contribution is 0.953. The Kier molecular flexibility index (Phi) is 4.73. The molecule has 0 saturated heterocycles. The second-order valence-electron chi connectivity index (χ2n) is 2.27. The fourth-order valence-electron chi connectivity index (χ4n) is 0.486. The van der Waals surface area contributed by atoms with Gasteiger partial charge in [0.2, 0.25) is 0 Å². The highest BCUT2D eigenvalue weighted by atomic mass is 13.9. The Bertz CT molecular complexity index is 60.4. The van der Waals surface area contributed by atoms with E-state index < -0.39 is 0 Å². The summed E-state index contributed by atoms with van der Waals surface area (Å²) in [6, 6.07) is 0. The van der Waals surface area contributed by atoms with Gasteiger partial charge in [-0.15, -0.1) is 0 Å². The smallest absolute Gasteiger partial charge is 0.00892 e. The van der Waals surface area contributed by atoms with E-state index in [1.54, 1.807) is 0 Å². The van der Waals surface area contributed by atoms with Gasteiger partial charge in [0.1, 0.15) is 0 Å². The highest BCUT2D eigenvalue weighted by Crippen LogP contribution is 1.98. The lowest BCUT2D eigenvalue weighted by Gasteiger charge is -1.89. The van der Waals surface area contributed by atoms with Crippen molar-refractivity contribution < 1.29 is 0 Å². The second-order valence-corrected chi connectivity index (χ2v) is 2.27. The number of rotatable bonds is 3. The maximum Gasteiger partial charge on any atom is -0.00892 e. The molecule has 0 saturated carbocycles. The number of hydrogen-bond donors (Lipinski definition) is 0. The van der Waals surface area contributed by atoms with Crippen molar-refractivity contribution in [2.45, 2.75) is 33.6 Å². The molecule has 0 aliphatic heterocycles. The van der Waals surface area contributed by atoms with E-state index >= 15 is 0 Å². The molecule has 0 atom stereocenters. The van der Waals surface area contributed by atoms with Crippen LogP contribution in [-0.4, -0.2) is 0 Å². The summed E-state index contributed by atoms with van der Waals surface area (Å²) in [6.45, 7) is 6.42. The van der Waals surface area contributed by atoms with E-state index in [-0.39, 0.29) is 0 Å². The summed E-state index contributed by atoms with van der Waals surface area (Å²) in [4.78, 5) is 0. The molecule has 0 spiro atoms. The Morgan fingerprint density at radius 2 is 2.00 bits per heavy atom. The number of unbranched alkanes of at least 4 members (excludes halogenated alkanes) is 1. The molecule has 0 heteroatoms. The van der Waals surface area contributed by atoms with Crippen molar-refractivity contribution >= 4 is 0 Å². The van der Waals surface area contributed by atoms with E-state index in [0.29, 0.717) is 0 Å². The zero-order chi connectivity index (χ0) is 6.41. The van der Waals surface area contributed by atoms with Crippen LogP contribution in [0.2, 0.25) is 0 Å². The molecule has 0 unspecified atom stereocenters. The molecule has 0 aromatic carbocycles. The lowest BCUT2D eigenvalue weighted by atomic mass is 10.2. The summed E-state index contributed by atoms with van der Waals surface area (Å²) in [5.74, 6) is 1.39. The molecule has 0 aromatic rings. The third-order valence-electron chi connectivity index (χ3n) is 0.907. The number of hydrogen-bond acceptors (Lipinski definition) is 0. The van der Waals surface area contributed by atoms with Gasteiger partial charge in [0, 0.05) is 0 Å². The van der Waals surface area contributed by atoms with Gasteiger partial charge in [-0.3, -0.25) is 0 Å². The van der Waals surface area contributed by atoms with Gasteiger partial charge in [0.25, 0.3) is 0 Å². The largest absolute Gasteiger partial charge is 0.0880 e. The molecule has 0 bridgehead atoms. The molecule has 8 heavy (non-hydrogen) atoms. The normalized spacial score (nSPS) is 11.5. The molecule has 47 valence electrons. The minimum Gasteiger partial charge on any atom is -0.0880 e. The van der Waals surface area contributed by atoms with Gasteiger partial charge in [-0.25, -0.2) is 0 Å². The van der Waals surface area contributed by atoms with E-state index in [2.05, 4.69) is 32.9 Å². The average Bonchev–Trinajstić information content (AvgIpc) is 1.66. The summed E-state index contributed by atoms with van der Waals surface area (Å²) < 4.78 is 0.